The van der Waals surface area contributed by atoms with Gasteiger partial charge in [-0.3, -0.25) is 9.36 Å². The third-order valence-electron chi connectivity index (χ3n) is 2.91. The van der Waals surface area contributed by atoms with E-state index in [9.17, 15) is 35.7 Å². The molecule has 0 aliphatic heterocycles. The number of halogens is 6. The van der Waals surface area contributed by atoms with Crippen LogP contribution in [0.4, 0.5) is 26.3 Å². The highest BCUT2D eigenvalue weighted by Crippen LogP contribution is 2.67. The van der Waals surface area contributed by atoms with Crippen LogP contribution in [0.25, 0.3) is 0 Å². The average molecular weight is 357 g/mol. The number of alkyl halides is 6. The molecule has 0 aromatic heterocycles. The summed E-state index contributed by atoms with van der Waals surface area (Å²) in [6, 6.07) is 0. The predicted molar refractivity (Wildman–Crippen MR) is 67.7 cm³/mol. The molecule has 4 nitrogen and oxygen atoms in total. The molecular weight excluding hydrogens is 339 g/mol. The fourth-order valence-corrected chi connectivity index (χ4v) is 3.55. The highest BCUT2D eigenvalue weighted by atomic mass is 31.2. The minimum atomic E-state index is -6.04. The van der Waals surface area contributed by atoms with Crippen LogP contribution >= 0.6 is 7.37 Å². The van der Waals surface area contributed by atoms with Crippen molar-refractivity contribution in [2.24, 2.45) is 0 Å². The molecule has 0 aromatic carbocycles. The van der Waals surface area contributed by atoms with Crippen molar-refractivity contribution < 1.29 is 40.2 Å². The number of carbonyl (C=O) groups is 1. The van der Waals surface area contributed by atoms with E-state index in [2.05, 4.69) is 4.52 Å². The summed E-state index contributed by atoms with van der Waals surface area (Å²) >= 11 is 0. The zero-order chi connectivity index (χ0) is 17.8. The summed E-state index contributed by atoms with van der Waals surface area (Å²) in [6.45, 7) is 2.40. The Morgan fingerprint density at radius 2 is 1.55 bits per heavy atom. The Kier molecular flexibility index (Phi) is 6.96. The standard InChI is InChI=1S/C11H18F6NO3P/c1-4-6-7-21-22(3,20)9(10(12,13)14,11(15,16)17)18-8(19)5-2/h4-7H2,1-3H3,(H,18,19)/t22-/m0/s1. The average Bonchev–Trinajstić information content (AvgIpc) is 2.32. The molecule has 0 unspecified atom stereocenters. The second kappa shape index (κ2) is 7.21. The highest BCUT2D eigenvalue weighted by Gasteiger charge is 2.80. The second-order valence-corrected chi connectivity index (χ2v) is 7.26. The molecule has 0 heterocycles. The number of amides is 1. The molecule has 132 valence electrons. The fourth-order valence-electron chi connectivity index (χ4n) is 1.63. The Hall–Kier alpha value is -0.760. The van der Waals surface area contributed by atoms with Gasteiger partial charge in [0.25, 0.3) is 0 Å². The molecule has 0 fully saturated rings. The number of nitrogens with one attached hydrogen (secondary N) is 1. The van der Waals surface area contributed by atoms with Crippen molar-refractivity contribution in [1.29, 1.82) is 0 Å². The molecule has 1 atom stereocenters. The van der Waals surface area contributed by atoms with Crippen LogP contribution in [0.15, 0.2) is 0 Å². The van der Waals surface area contributed by atoms with E-state index in [0.29, 0.717) is 6.42 Å². The van der Waals surface area contributed by atoms with Crippen LogP contribution in [0.1, 0.15) is 33.1 Å². The van der Waals surface area contributed by atoms with Gasteiger partial charge in [0.05, 0.1) is 6.61 Å². The zero-order valence-electron chi connectivity index (χ0n) is 12.3. The molecule has 0 aromatic rings. The topological polar surface area (TPSA) is 55.4 Å². The number of rotatable bonds is 7. The van der Waals surface area contributed by atoms with Crippen LogP contribution in [0, 0.1) is 0 Å². The SMILES string of the molecule is CCCCO[P@](C)(=O)C(NC(=O)CC)(C(F)(F)F)C(F)(F)F. The van der Waals surface area contributed by atoms with Crippen molar-refractivity contribution in [2.75, 3.05) is 13.3 Å². The molecule has 0 bridgehead atoms. The van der Waals surface area contributed by atoms with E-state index in [4.69, 9.17) is 0 Å². The Morgan fingerprint density at radius 3 is 1.86 bits per heavy atom. The predicted octanol–water partition coefficient (Wildman–Crippen LogP) is 4.06. The van der Waals surface area contributed by atoms with Crippen molar-refractivity contribution in [3.05, 3.63) is 0 Å². The van der Waals surface area contributed by atoms with Gasteiger partial charge in [0.2, 0.25) is 13.3 Å². The Balaban J connectivity index is 6.05. The van der Waals surface area contributed by atoms with Gasteiger partial charge in [-0.1, -0.05) is 20.3 Å². The van der Waals surface area contributed by atoms with Crippen molar-refractivity contribution in [2.45, 2.75) is 50.7 Å². The zero-order valence-corrected chi connectivity index (χ0v) is 13.2. The summed E-state index contributed by atoms with van der Waals surface area (Å²) in [5.74, 6) is -1.53. The van der Waals surface area contributed by atoms with Gasteiger partial charge in [0.1, 0.15) is 0 Å². The van der Waals surface area contributed by atoms with Crippen LogP contribution < -0.4 is 5.32 Å². The monoisotopic (exact) mass is 357 g/mol. The molecule has 0 spiro atoms. The molecule has 0 saturated heterocycles. The van der Waals surface area contributed by atoms with E-state index in [0.717, 1.165) is 12.2 Å². The smallest absolute Gasteiger partial charge is 0.327 e. The first-order valence-electron chi connectivity index (χ1n) is 6.43. The Morgan fingerprint density at radius 1 is 1.09 bits per heavy atom. The lowest BCUT2D eigenvalue weighted by Gasteiger charge is -2.41. The minimum Gasteiger partial charge on any atom is -0.327 e. The molecule has 0 aliphatic carbocycles. The number of unbranched alkanes of at least 4 members (excludes halogenated alkanes) is 1. The number of hydrogen-bond donors (Lipinski definition) is 1. The normalized spacial score (nSPS) is 16.2. The number of carbonyl (C=O) groups excluding carboxylic acids is 1. The van der Waals surface area contributed by atoms with Gasteiger partial charge < -0.3 is 9.84 Å². The Bertz CT molecular complexity index is 421. The molecule has 11 heteroatoms. The van der Waals surface area contributed by atoms with E-state index < -0.39 is 43.9 Å². The lowest BCUT2D eigenvalue weighted by molar-refractivity contribution is -0.278. The summed E-state index contributed by atoms with van der Waals surface area (Å²) in [7, 11) is -5.36. The third kappa shape index (κ3) is 4.16. The van der Waals surface area contributed by atoms with Crippen LogP contribution in [-0.2, 0) is 13.9 Å². The van der Waals surface area contributed by atoms with Crippen LogP contribution in [0.5, 0.6) is 0 Å². The van der Waals surface area contributed by atoms with Gasteiger partial charge in [0.15, 0.2) is 0 Å². The largest absolute Gasteiger partial charge is 0.430 e. The van der Waals surface area contributed by atoms with Crippen molar-refractivity contribution >= 4 is 13.3 Å². The first-order valence-corrected chi connectivity index (χ1v) is 8.50. The molecule has 0 rings (SSSR count). The summed E-state index contributed by atoms with van der Waals surface area (Å²) in [6.07, 6.45) is -12.2. The molecule has 0 aliphatic rings. The maximum atomic E-state index is 13.2. The third-order valence-corrected chi connectivity index (χ3v) is 5.42. The molecule has 22 heavy (non-hydrogen) atoms. The van der Waals surface area contributed by atoms with E-state index in [1.807, 2.05) is 0 Å². The molecule has 1 N–H and O–H groups in total. The highest BCUT2D eigenvalue weighted by molar-refractivity contribution is 7.60. The molecule has 0 saturated carbocycles. The lowest BCUT2D eigenvalue weighted by Crippen LogP contribution is -2.67. The van der Waals surface area contributed by atoms with Gasteiger partial charge in [-0.25, -0.2) is 0 Å². The van der Waals surface area contributed by atoms with Crippen molar-refractivity contribution in [3.63, 3.8) is 0 Å². The fraction of sp³-hybridized carbons (Fsp3) is 0.909. The first kappa shape index (κ1) is 21.2. The number of hydrogen-bond acceptors (Lipinski definition) is 3. The van der Waals surface area contributed by atoms with E-state index in [1.165, 1.54) is 0 Å². The van der Waals surface area contributed by atoms with Crippen LogP contribution in [0.2, 0.25) is 0 Å². The van der Waals surface area contributed by atoms with Gasteiger partial charge in [0, 0.05) is 13.1 Å². The summed E-state index contributed by atoms with van der Waals surface area (Å²) < 4.78 is 95.7. The van der Waals surface area contributed by atoms with Gasteiger partial charge >= 0.3 is 17.6 Å². The van der Waals surface area contributed by atoms with Gasteiger partial charge in [-0.2, -0.15) is 26.3 Å². The van der Waals surface area contributed by atoms with Gasteiger partial charge in [-0.15, -0.1) is 0 Å². The van der Waals surface area contributed by atoms with Crippen LogP contribution in [0.3, 0.4) is 0 Å². The second-order valence-electron chi connectivity index (χ2n) is 4.64. The van der Waals surface area contributed by atoms with Gasteiger partial charge in [-0.05, 0) is 6.42 Å². The summed E-state index contributed by atoms with van der Waals surface area (Å²) in [4.78, 5) is 11.2. The maximum absolute atomic E-state index is 13.2. The van der Waals surface area contributed by atoms with E-state index in [1.54, 1.807) is 6.92 Å². The molecule has 0 radical (unpaired) electrons. The van der Waals surface area contributed by atoms with E-state index >= 15 is 0 Å². The maximum Gasteiger partial charge on any atom is 0.430 e. The molecular formula is C11H18F6NO3P. The lowest BCUT2D eigenvalue weighted by atomic mass is 10.2. The summed E-state index contributed by atoms with van der Waals surface area (Å²) in [5.41, 5.74) is 0. The van der Waals surface area contributed by atoms with Crippen molar-refractivity contribution in [1.82, 2.24) is 5.32 Å². The van der Waals surface area contributed by atoms with Crippen LogP contribution in [-0.4, -0.2) is 36.8 Å². The van der Waals surface area contributed by atoms with Crippen molar-refractivity contribution in [3.8, 4) is 0 Å². The molecule has 1 amide bonds. The van der Waals surface area contributed by atoms with E-state index in [-0.39, 0.29) is 13.1 Å². The quantitative estimate of drug-likeness (QED) is 0.425. The Labute approximate surface area is 124 Å². The summed E-state index contributed by atoms with van der Waals surface area (Å²) in [5, 5.41) is -4.07. The first-order chi connectivity index (χ1) is 9.77. The minimum absolute atomic E-state index is 0.130.